The zero-order chi connectivity index (χ0) is 38.5. The standard InChI is InChI=1S/C56H42N2/c1-4-17-38(18-5-1)40-23-14-25-44(33-40)52-37-53(58-55(57-52)39-19-6-2-7-20-39)45-26-15-24-43(34-45)46-27-10-11-28-47(46)48-29-16-30-50-54(48)49-35-41-21-8-9-22-42(41)36-51(49)56(50)31-12-3-13-32-56/h1-2,4-11,14-30,33-37H,3,12-13,31-32H2. The van der Waals surface area contributed by atoms with Gasteiger partial charge in [0.1, 0.15) is 0 Å². The number of nitrogens with zero attached hydrogens (tertiary/aromatic N) is 2. The van der Waals surface area contributed by atoms with E-state index in [0.717, 1.165) is 33.6 Å². The average molecular weight is 743 g/mol. The van der Waals surface area contributed by atoms with Gasteiger partial charge in [-0.05, 0) is 110 Å². The summed E-state index contributed by atoms with van der Waals surface area (Å²) in [6.45, 7) is 0. The molecule has 0 aliphatic heterocycles. The number of aromatic nitrogens is 2. The Balaban J connectivity index is 1.05. The molecular formula is C56H42N2. The molecule has 2 aliphatic rings. The maximum absolute atomic E-state index is 5.23. The van der Waals surface area contributed by atoms with Gasteiger partial charge in [-0.1, -0.05) is 183 Å². The molecule has 2 aliphatic carbocycles. The molecule has 1 heterocycles. The quantitative estimate of drug-likeness (QED) is 0.170. The predicted molar refractivity (Wildman–Crippen MR) is 241 cm³/mol. The molecule has 2 nitrogen and oxygen atoms in total. The summed E-state index contributed by atoms with van der Waals surface area (Å²) in [6.07, 6.45) is 6.28. The lowest BCUT2D eigenvalue weighted by atomic mass is 9.67. The van der Waals surface area contributed by atoms with Gasteiger partial charge in [0.2, 0.25) is 0 Å². The fourth-order valence-corrected chi connectivity index (χ4v) is 9.91. The monoisotopic (exact) mass is 742 g/mol. The van der Waals surface area contributed by atoms with Gasteiger partial charge in [-0.3, -0.25) is 0 Å². The Hall–Kier alpha value is -6.90. The largest absolute Gasteiger partial charge is 0.228 e. The van der Waals surface area contributed by atoms with Crippen LogP contribution in [0.15, 0.2) is 194 Å². The molecule has 0 N–H and O–H groups in total. The third-order valence-electron chi connectivity index (χ3n) is 12.7. The normalized spacial score (nSPS) is 14.0. The van der Waals surface area contributed by atoms with Crippen LogP contribution in [0.4, 0.5) is 0 Å². The van der Waals surface area contributed by atoms with E-state index in [4.69, 9.17) is 9.97 Å². The third-order valence-corrected chi connectivity index (χ3v) is 12.7. The summed E-state index contributed by atoms with van der Waals surface area (Å²) in [5.41, 5.74) is 18.1. The Labute approximate surface area is 340 Å². The molecule has 1 saturated carbocycles. The zero-order valence-corrected chi connectivity index (χ0v) is 32.4. The Bertz CT molecular complexity index is 2970. The topological polar surface area (TPSA) is 25.8 Å². The first-order chi connectivity index (χ1) is 28.7. The van der Waals surface area contributed by atoms with Gasteiger partial charge < -0.3 is 0 Å². The number of benzene rings is 8. The van der Waals surface area contributed by atoms with Gasteiger partial charge in [0.25, 0.3) is 0 Å². The molecule has 11 rings (SSSR count). The average Bonchev–Trinajstić information content (AvgIpc) is 3.56. The number of fused-ring (bicyclic) bond motifs is 6. The lowest BCUT2D eigenvalue weighted by molar-refractivity contribution is 0.353. The SMILES string of the molecule is c1ccc(-c2cccc(-c3cc(-c4cccc(-c5ccccc5-c5cccc6c5-c5cc7ccccc7cc5C65CCCCC5)c4)nc(-c4ccccc4)n3)c2)cc1. The van der Waals surface area contributed by atoms with E-state index in [1.165, 1.54) is 92.9 Å². The molecule has 1 spiro atoms. The van der Waals surface area contributed by atoms with Gasteiger partial charge in [0, 0.05) is 22.1 Å². The molecule has 0 unspecified atom stereocenters. The summed E-state index contributed by atoms with van der Waals surface area (Å²) in [5, 5.41) is 2.65. The smallest absolute Gasteiger partial charge is 0.160 e. The van der Waals surface area contributed by atoms with E-state index in [9.17, 15) is 0 Å². The maximum Gasteiger partial charge on any atom is 0.160 e. The Kier molecular flexibility index (Phi) is 8.43. The van der Waals surface area contributed by atoms with Gasteiger partial charge in [-0.2, -0.15) is 0 Å². The van der Waals surface area contributed by atoms with Crippen LogP contribution in [0.1, 0.15) is 43.2 Å². The molecule has 58 heavy (non-hydrogen) atoms. The third kappa shape index (κ3) is 5.87. The lowest BCUT2D eigenvalue weighted by Crippen LogP contribution is -2.28. The van der Waals surface area contributed by atoms with E-state index >= 15 is 0 Å². The van der Waals surface area contributed by atoms with E-state index in [1.807, 2.05) is 6.07 Å². The molecular weight excluding hydrogens is 701 g/mol. The highest BCUT2D eigenvalue weighted by Gasteiger charge is 2.44. The molecule has 0 amide bonds. The first-order valence-corrected chi connectivity index (χ1v) is 20.7. The summed E-state index contributed by atoms with van der Waals surface area (Å²) < 4.78 is 0. The fourth-order valence-electron chi connectivity index (χ4n) is 9.91. The van der Waals surface area contributed by atoms with Crippen molar-refractivity contribution in [2.24, 2.45) is 0 Å². The van der Waals surface area contributed by atoms with Crippen molar-refractivity contribution in [2.45, 2.75) is 37.5 Å². The van der Waals surface area contributed by atoms with Crippen LogP contribution in [0.2, 0.25) is 0 Å². The van der Waals surface area contributed by atoms with Gasteiger partial charge in [-0.25, -0.2) is 9.97 Å². The molecule has 0 atom stereocenters. The van der Waals surface area contributed by atoms with Crippen LogP contribution in [-0.4, -0.2) is 9.97 Å². The van der Waals surface area contributed by atoms with E-state index in [-0.39, 0.29) is 5.41 Å². The molecule has 276 valence electrons. The van der Waals surface area contributed by atoms with Crippen LogP contribution in [-0.2, 0) is 5.41 Å². The molecule has 0 bridgehead atoms. The van der Waals surface area contributed by atoms with Crippen molar-refractivity contribution >= 4 is 10.8 Å². The van der Waals surface area contributed by atoms with Gasteiger partial charge >= 0.3 is 0 Å². The molecule has 0 radical (unpaired) electrons. The lowest BCUT2D eigenvalue weighted by Gasteiger charge is -2.36. The first kappa shape index (κ1) is 34.4. The minimum atomic E-state index is 0.0691. The van der Waals surface area contributed by atoms with Crippen LogP contribution < -0.4 is 0 Å². The Morgan fingerprint density at radius 3 is 1.59 bits per heavy atom. The molecule has 1 aromatic heterocycles. The molecule has 9 aromatic rings. The molecule has 0 saturated heterocycles. The van der Waals surface area contributed by atoms with E-state index in [1.54, 1.807) is 0 Å². The summed E-state index contributed by atoms with van der Waals surface area (Å²) in [5.74, 6) is 0.715. The van der Waals surface area contributed by atoms with E-state index in [0.29, 0.717) is 5.82 Å². The number of rotatable bonds is 6. The number of hydrogen-bond donors (Lipinski definition) is 0. The van der Waals surface area contributed by atoms with E-state index < -0.39 is 0 Å². The van der Waals surface area contributed by atoms with Crippen LogP contribution in [0.3, 0.4) is 0 Å². The van der Waals surface area contributed by atoms with Gasteiger partial charge in [0.15, 0.2) is 5.82 Å². The molecule has 2 heteroatoms. The second-order valence-corrected chi connectivity index (χ2v) is 16.0. The van der Waals surface area contributed by atoms with Crippen molar-refractivity contribution in [1.82, 2.24) is 9.97 Å². The van der Waals surface area contributed by atoms with Crippen molar-refractivity contribution in [3.05, 3.63) is 205 Å². The first-order valence-electron chi connectivity index (χ1n) is 20.7. The summed E-state index contributed by atoms with van der Waals surface area (Å²) in [6, 6.07) is 70.6. The number of hydrogen-bond acceptors (Lipinski definition) is 2. The van der Waals surface area contributed by atoms with Crippen molar-refractivity contribution < 1.29 is 0 Å². The minimum Gasteiger partial charge on any atom is -0.228 e. The van der Waals surface area contributed by atoms with Crippen molar-refractivity contribution in [3.8, 4) is 78.4 Å². The summed E-state index contributed by atoms with van der Waals surface area (Å²) >= 11 is 0. The van der Waals surface area contributed by atoms with Crippen LogP contribution in [0.5, 0.6) is 0 Å². The summed E-state index contributed by atoms with van der Waals surface area (Å²) in [7, 11) is 0. The van der Waals surface area contributed by atoms with E-state index in [2.05, 4.69) is 188 Å². The second-order valence-electron chi connectivity index (χ2n) is 16.0. The van der Waals surface area contributed by atoms with Crippen molar-refractivity contribution in [1.29, 1.82) is 0 Å². The van der Waals surface area contributed by atoms with Gasteiger partial charge in [-0.15, -0.1) is 0 Å². The zero-order valence-electron chi connectivity index (χ0n) is 32.4. The predicted octanol–water partition coefficient (Wildman–Crippen LogP) is 14.9. The summed E-state index contributed by atoms with van der Waals surface area (Å²) in [4.78, 5) is 10.4. The molecule has 1 fully saturated rings. The highest BCUT2D eigenvalue weighted by Crippen LogP contribution is 2.59. The molecule has 8 aromatic carbocycles. The Morgan fingerprint density at radius 2 is 0.862 bits per heavy atom. The minimum absolute atomic E-state index is 0.0691. The van der Waals surface area contributed by atoms with Crippen LogP contribution in [0, 0.1) is 0 Å². The van der Waals surface area contributed by atoms with Crippen LogP contribution in [0.25, 0.3) is 89.2 Å². The van der Waals surface area contributed by atoms with Crippen molar-refractivity contribution in [3.63, 3.8) is 0 Å². The highest BCUT2D eigenvalue weighted by atomic mass is 14.9. The van der Waals surface area contributed by atoms with Crippen LogP contribution >= 0.6 is 0 Å². The maximum atomic E-state index is 5.23. The highest BCUT2D eigenvalue weighted by molar-refractivity contribution is 6.01. The van der Waals surface area contributed by atoms with Crippen molar-refractivity contribution in [2.75, 3.05) is 0 Å². The fraction of sp³-hybridized carbons (Fsp3) is 0.107. The second kappa shape index (κ2) is 14.2. The Morgan fingerprint density at radius 1 is 0.328 bits per heavy atom. The van der Waals surface area contributed by atoms with Gasteiger partial charge in [0.05, 0.1) is 11.4 Å².